The van der Waals surface area contributed by atoms with E-state index in [0.717, 1.165) is 6.42 Å². The zero-order chi connectivity index (χ0) is 15.9. The lowest BCUT2D eigenvalue weighted by atomic mass is 10.2. The molecule has 0 aromatic rings. The summed E-state index contributed by atoms with van der Waals surface area (Å²) in [5.41, 5.74) is 0. The summed E-state index contributed by atoms with van der Waals surface area (Å²) in [7, 11) is 0. The average molecular weight is 258 g/mol. The zero-order valence-corrected chi connectivity index (χ0v) is 14.3. The van der Waals surface area contributed by atoms with Crippen molar-refractivity contribution in [2.75, 3.05) is 0 Å². The van der Waals surface area contributed by atoms with Gasteiger partial charge in [0, 0.05) is 12.3 Å². The van der Waals surface area contributed by atoms with Crippen LogP contribution >= 0.6 is 0 Å². The standard InChI is InChI=1S/C6H10.C5H8.2C4H6/c1-4-5-6(2)3;1-3-5-4-2;2*1-3-4-2/h6H,1-3H3;3H2,1-2H3;2*1-2H3. The van der Waals surface area contributed by atoms with Gasteiger partial charge in [-0.15, -0.1) is 47.4 Å². The highest BCUT2D eigenvalue weighted by Crippen LogP contribution is 1.83. The highest BCUT2D eigenvalue weighted by atomic mass is 13.8. The molecule has 0 radical (unpaired) electrons. The lowest BCUT2D eigenvalue weighted by molar-refractivity contribution is 0.866. The van der Waals surface area contributed by atoms with Crippen LogP contribution in [0.4, 0.5) is 0 Å². The fourth-order valence-corrected chi connectivity index (χ4v) is 0.465. The molecule has 0 fully saturated rings. The van der Waals surface area contributed by atoms with E-state index < -0.39 is 0 Å². The summed E-state index contributed by atoms with van der Waals surface area (Å²) in [6.07, 6.45) is 0.983. The van der Waals surface area contributed by atoms with Crippen LogP contribution in [0.15, 0.2) is 0 Å². The first-order valence-electron chi connectivity index (χ1n) is 6.50. The van der Waals surface area contributed by atoms with Crippen molar-refractivity contribution in [1.29, 1.82) is 0 Å². The molecule has 0 aliphatic heterocycles. The predicted octanol–water partition coefficient (Wildman–Crippen LogP) is 5.14. The number of hydrogen-bond acceptors (Lipinski definition) is 0. The molecule has 0 rings (SSSR count). The molecule has 0 amide bonds. The van der Waals surface area contributed by atoms with Crippen LogP contribution in [-0.2, 0) is 0 Å². The van der Waals surface area contributed by atoms with Crippen molar-refractivity contribution in [3.63, 3.8) is 0 Å². The van der Waals surface area contributed by atoms with Crippen LogP contribution in [-0.4, -0.2) is 0 Å². The number of hydrogen-bond donors (Lipinski definition) is 0. The molecule has 0 unspecified atom stereocenters. The second-order valence-electron chi connectivity index (χ2n) is 3.33. The first-order chi connectivity index (χ1) is 9.01. The molecule has 0 saturated carbocycles. The molecule has 0 saturated heterocycles. The van der Waals surface area contributed by atoms with E-state index in [1.165, 1.54) is 0 Å². The summed E-state index contributed by atoms with van der Waals surface area (Å²) in [6.45, 7) is 17.2. The number of rotatable bonds is 0. The van der Waals surface area contributed by atoms with Crippen molar-refractivity contribution in [3.05, 3.63) is 0 Å². The smallest absolute Gasteiger partial charge is 0.0146 e. The Balaban J connectivity index is -0.0000000803. The van der Waals surface area contributed by atoms with E-state index in [-0.39, 0.29) is 0 Å². The van der Waals surface area contributed by atoms with Crippen molar-refractivity contribution in [2.45, 2.75) is 68.7 Å². The van der Waals surface area contributed by atoms with Crippen molar-refractivity contribution < 1.29 is 0 Å². The second kappa shape index (κ2) is 36.0. The summed E-state index contributed by atoms with van der Waals surface area (Å²) in [5.74, 6) is 22.7. The van der Waals surface area contributed by atoms with Gasteiger partial charge < -0.3 is 0 Å². The molecule has 0 nitrogen and oxygen atoms in total. The Morgan fingerprint density at radius 1 is 0.632 bits per heavy atom. The minimum absolute atomic E-state index is 0.537. The fourth-order valence-electron chi connectivity index (χ4n) is 0.465. The molecule has 0 heteroatoms. The largest absolute Gasteiger partial charge is 0.107 e. The summed E-state index contributed by atoms with van der Waals surface area (Å²) in [6, 6.07) is 0. The van der Waals surface area contributed by atoms with Gasteiger partial charge in [-0.05, 0) is 41.5 Å². The van der Waals surface area contributed by atoms with Gasteiger partial charge in [-0.1, -0.05) is 20.8 Å². The highest BCUT2D eigenvalue weighted by Gasteiger charge is 1.75. The van der Waals surface area contributed by atoms with Crippen LogP contribution in [0.25, 0.3) is 0 Å². The van der Waals surface area contributed by atoms with Crippen molar-refractivity contribution >= 4 is 0 Å². The summed E-state index contributed by atoms with van der Waals surface area (Å²) in [4.78, 5) is 0. The van der Waals surface area contributed by atoms with Gasteiger partial charge in [0.1, 0.15) is 0 Å². The molecular formula is C19H30. The molecule has 0 atom stereocenters. The van der Waals surface area contributed by atoms with Crippen molar-refractivity contribution in [3.8, 4) is 47.4 Å². The Hall–Kier alpha value is -1.76. The van der Waals surface area contributed by atoms with Crippen LogP contribution in [0.3, 0.4) is 0 Å². The molecule has 0 aliphatic rings. The summed E-state index contributed by atoms with van der Waals surface area (Å²) in [5, 5.41) is 0. The monoisotopic (exact) mass is 258 g/mol. The topological polar surface area (TPSA) is 0 Å². The Kier molecular flexibility index (Phi) is 49.1. The van der Waals surface area contributed by atoms with E-state index in [0.29, 0.717) is 5.92 Å². The Morgan fingerprint density at radius 2 is 1.00 bits per heavy atom. The third kappa shape index (κ3) is 120. The predicted molar refractivity (Wildman–Crippen MR) is 90.3 cm³/mol. The van der Waals surface area contributed by atoms with Gasteiger partial charge in [0.05, 0.1) is 0 Å². The normalized spacial score (nSPS) is 5.16. The fraction of sp³-hybridized carbons (Fsp3) is 0.579. The Bertz CT molecular complexity index is 337. The lowest BCUT2D eigenvalue weighted by Crippen LogP contribution is -1.74. The van der Waals surface area contributed by atoms with Crippen molar-refractivity contribution in [2.24, 2.45) is 5.92 Å². The van der Waals surface area contributed by atoms with Gasteiger partial charge in [-0.25, -0.2) is 0 Å². The van der Waals surface area contributed by atoms with Gasteiger partial charge in [0.2, 0.25) is 0 Å². The maximum absolute atomic E-state index is 2.96. The van der Waals surface area contributed by atoms with Gasteiger partial charge >= 0.3 is 0 Å². The van der Waals surface area contributed by atoms with Crippen LogP contribution in [0.1, 0.15) is 68.7 Å². The molecule has 0 aromatic heterocycles. The van der Waals surface area contributed by atoms with E-state index in [2.05, 4.69) is 61.2 Å². The van der Waals surface area contributed by atoms with E-state index in [9.17, 15) is 0 Å². The van der Waals surface area contributed by atoms with Crippen LogP contribution in [0, 0.1) is 53.3 Å². The maximum atomic E-state index is 2.96. The third-order valence-corrected chi connectivity index (χ3v) is 1.29. The average Bonchev–Trinajstić information content (AvgIpc) is 2.41. The van der Waals surface area contributed by atoms with Crippen LogP contribution < -0.4 is 0 Å². The Morgan fingerprint density at radius 3 is 1.00 bits per heavy atom. The van der Waals surface area contributed by atoms with E-state index in [1.807, 2.05) is 48.5 Å². The first kappa shape index (κ1) is 25.9. The van der Waals surface area contributed by atoms with Crippen LogP contribution in [0.5, 0.6) is 0 Å². The molecule has 0 heterocycles. The van der Waals surface area contributed by atoms with E-state index in [1.54, 1.807) is 0 Å². The van der Waals surface area contributed by atoms with Gasteiger partial charge in [0.25, 0.3) is 0 Å². The first-order valence-corrected chi connectivity index (χ1v) is 6.50. The molecule has 0 bridgehead atoms. The molecular weight excluding hydrogens is 228 g/mol. The van der Waals surface area contributed by atoms with E-state index >= 15 is 0 Å². The van der Waals surface area contributed by atoms with Gasteiger partial charge in [0.15, 0.2) is 0 Å². The summed E-state index contributed by atoms with van der Waals surface area (Å²) < 4.78 is 0. The minimum atomic E-state index is 0.537. The molecule has 19 heavy (non-hydrogen) atoms. The molecule has 0 aromatic carbocycles. The van der Waals surface area contributed by atoms with Gasteiger partial charge in [-0.2, -0.15) is 0 Å². The Labute approximate surface area is 122 Å². The maximum Gasteiger partial charge on any atom is 0.0146 e. The second-order valence-corrected chi connectivity index (χ2v) is 3.33. The zero-order valence-electron chi connectivity index (χ0n) is 14.3. The molecule has 106 valence electrons. The minimum Gasteiger partial charge on any atom is -0.107 e. The van der Waals surface area contributed by atoms with Gasteiger partial charge in [-0.3, -0.25) is 0 Å². The SMILES string of the molecule is CC#CC.CC#CC.CC#CC(C)C.CC#CCC. The molecule has 0 N–H and O–H groups in total. The summed E-state index contributed by atoms with van der Waals surface area (Å²) >= 11 is 0. The molecule has 0 aliphatic carbocycles. The lowest BCUT2D eigenvalue weighted by Gasteiger charge is -1.82. The van der Waals surface area contributed by atoms with Crippen molar-refractivity contribution in [1.82, 2.24) is 0 Å². The third-order valence-electron chi connectivity index (χ3n) is 1.29. The van der Waals surface area contributed by atoms with E-state index in [4.69, 9.17) is 0 Å². The quantitative estimate of drug-likeness (QED) is 0.527. The molecule has 0 spiro atoms. The highest BCUT2D eigenvalue weighted by molar-refractivity contribution is 4.97. The van der Waals surface area contributed by atoms with Crippen LogP contribution in [0.2, 0.25) is 0 Å².